The fourth-order valence-electron chi connectivity index (χ4n) is 3.04. The fourth-order valence-corrected chi connectivity index (χ4v) is 3.04. The molecule has 3 nitrogen and oxygen atoms in total. The van der Waals surface area contributed by atoms with Gasteiger partial charge in [0.2, 0.25) is 0 Å². The summed E-state index contributed by atoms with van der Waals surface area (Å²) in [6, 6.07) is 8.47. The van der Waals surface area contributed by atoms with Crippen LogP contribution in [-0.2, 0) is 0 Å². The molecule has 0 aliphatic carbocycles. The second-order valence-corrected chi connectivity index (χ2v) is 5.57. The number of rotatable bonds is 6. The molecule has 1 saturated heterocycles. The number of nitrogens with zero attached hydrogens (tertiary/aromatic N) is 1. The van der Waals surface area contributed by atoms with Crippen molar-refractivity contribution in [1.29, 1.82) is 0 Å². The van der Waals surface area contributed by atoms with Crippen LogP contribution < -0.4 is 4.74 Å². The van der Waals surface area contributed by atoms with Crippen LogP contribution in [0.5, 0.6) is 5.75 Å². The Labute approximate surface area is 122 Å². The summed E-state index contributed by atoms with van der Waals surface area (Å²) in [6.45, 7) is 6.75. The Kier molecular flexibility index (Phi) is 5.86. The van der Waals surface area contributed by atoms with Crippen molar-refractivity contribution in [2.45, 2.75) is 51.7 Å². The van der Waals surface area contributed by atoms with E-state index in [9.17, 15) is 5.11 Å². The monoisotopic (exact) mass is 277 g/mol. The number of hydrogen-bond acceptors (Lipinski definition) is 3. The van der Waals surface area contributed by atoms with Gasteiger partial charge in [-0.3, -0.25) is 4.90 Å². The molecule has 0 aromatic heterocycles. The van der Waals surface area contributed by atoms with E-state index in [1.165, 1.54) is 25.7 Å². The summed E-state index contributed by atoms with van der Waals surface area (Å²) < 4.78 is 5.43. The number of hydrogen-bond donors (Lipinski definition) is 1. The van der Waals surface area contributed by atoms with Crippen molar-refractivity contribution in [2.24, 2.45) is 0 Å². The van der Waals surface area contributed by atoms with Crippen molar-refractivity contribution >= 4 is 0 Å². The van der Waals surface area contributed by atoms with E-state index in [4.69, 9.17) is 4.74 Å². The van der Waals surface area contributed by atoms with Gasteiger partial charge >= 0.3 is 0 Å². The van der Waals surface area contributed by atoms with Crippen LogP contribution in [-0.4, -0.2) is 35.7 Å². The number of aliphatic hydroxyl groups excluding tert-OH is 1. The maximum absolute atomic E-state index is 10.4. The summed E-state index contributed by atoms with van der Waals surface area (Å²) in [7, 11) is 0. The topological polar surface area (TPSA) is 32.7 Å². The van der Waals surface area contributed by atoms with Gasteiger partial charge in [0.05, 0.1) is 12.7 Å². The molecule has 3 heteroatoms. The molecular formula is C17H27NO2. The lowest BCUT2D eigenvalue weighted by Crippen LogP contribution is -2.41. The maximum atomic E-state index is 10.4. The Balaban J connectivity index is 1.94. The van der Waals surface area contributed by atoms with E-state index >= 15 is 0 Å². The highest BCUT2D eigenvalue weighted by Gasteiger charge is 2.23. The van der Waals surface area contributed by atoms with Gasteiger partial charge < -0.3 is 9.84 Å². The van der Waals surface area contributed by atoms with Crippen molar-refractivity contribution in [3.8, 4) is 5.75 Å². The van der Waals surface area contributed by atoms with Crippen LogP contribution in [0, 0.1) is 0 Å². The first kappa shape index (κ1) is 15.3. The molecule has 0 radical (unpaired) electrons. The summed E-state index contributed by atoms with van der Waals surface area (Å²) >= 11 is 0. The van der Waals surface area contributed by atoms with Crippen LogP contribution in [0.4, 0.5) is 0 Å². The number of ether oxygens (including phenoxy) is 1. The first-order valence-electron chi connectivity index (χ1n) is 7.89. The summed E-state index contributed by atoms with van der Waals surface area (Å²) in [5.74, 6) is 0.868. The standard InChI is InChI=1S/C17H27NO2/c1-3-15-7-5-6-12-18(15)13-17(19)14-8-10-16(11-9-14)20-4-2/h8-11,15,17,19H,3-7,12-13H2,1-2H3. The molecule has 20 heavy (non-hydrogen) atoms. The second kappa shape index (κ2) is 7.65. The average Bonchev–Trinajstić information content (AvgIpc) is 2.49. The Morgan fingerprint density at radius 2 is 2.00 bits per heavy atom. The van der Waals surface area contributed by atoms with Crippen molar-refractivity contribution in [1.82, 2.24) is 4.90 Å². The average molecular weight is 277 g/mol. The summed E-state index contributed by atoms with van der Waals surface area (Å²) in [5.41, 5.74) is 0.980. The van der Waals surface area contributed by atoms with Crippen LogP contribution in [0.25, 0.3) is 0 Å². The second-order valence-electron chi connectivity index (χ2n) is 5.57. The molecule has 2 unspecified atom stereocenters. The van der Waals surface area contributed by atoms with Crippen molar-refractivity contribution < 1.29 is 9.84 Å². The third kappa shape index (κ3) is 3.97. The minimum Gasteiger partial charge on any atom is -0.494 e. The lowest BCUT2D eigenvalue weighted by Gasteiger charge is -2.36. The number of benzene rings is 1. The highest BCUT2D eigenvalue weighted by Crippen LogP contribution is 2.24. The molecule has 1 fully saturated rings. The minimum absolute atomic E-state index is 0.405. The highest BCUT2D eigenvalue weighted by molar-refractivity contribution is 5.28. The predicted octanol–water partition coefficient (Wildman–Crippen LogP) is 3.38. The van der Waals surface area contributed by atoms with Crippen LogP contribution >= 0.6 is 0 Å². The third-order valence-electron chi connectivity index (χ3n) is 4.20. The third-order valence-corrected chi connectivity index (χ3v) is 4.20. The molecule has 1 heterocycles. The molecule has 1 aliphatic rings. The number of β-amino-alcohol motifs (C(OH)–C–C–N with tert-alkyl or cyclic N) is 1. The number of aliphatic hydroxyl groups is 1. The van der Waals surface area contributed by atoms with Crippen LogP contribution in [0.3, 0.4) is 0 Å². The van der Waals surface area contributed by atoms with Gasteiger partial charge in [0.1, 0.15) is 5.75 Å². The van der Waals surface area contributed by atoms with Gasteiger partial charge in [0.25, 0.3) is 0 Å². The van der Waals surface area contributed by atoms with E-state index in [0.29, 0.717) is 12.6 Å². The van der Waals surface area contributed by atoms with Gasteiger partial charge in [0, 0.05) is 12.6 Å². The summed E-state index contributed by atoms with van der Waals surface area (Å²) in [4.78, 5) is 2.45. The Morgan fingerprint density at radius 3 is 2.65 bits per heavy atom. The Bertz CT molecular complexity index is 390. The van der Waals surface area contributed by atoms with Crippen molar-refractivity contribution in [3.63, 3.8) is 0 Å². The van der Waals surface area contributed by atoms with E-state index in [0.717, 1.165) is 24.4 Å². The normalized spacial score (nSPS) is 21.6. The zero-order valence-electron chi connectivity index (χ0n) is 12.7. The largest absolute Gasteiger partial charge is 0.494 e. The number of piperidine rings is 1. The first-order chi connectivity index (χ1) is 9.74. The van der Waals surface area contributed by atoms with Crippen LogP contribution in [0.15, 0.2) is 24.3 Å². The van der Waals surface area contributed by atoms with E-state index in [-0.39, 0.29) is 0 Å². The van der Waals surface area contributed by atoms with Crippen molar-refractivity contribution in [2.75, 3.05) is 19.7 Å². The van der Waals surface area contributed by atoms with E-state index in [2.05, 4.69) is 11.8 Å². The quantitative estimate of drug-likeness (QED) is 0.865. The molecule has 1 N–H and O–H groups in total. The van der Waals surface area contributed by atoms with Gasteiger partial charge in [-0.1, -0.05) is 25.5 Å². The van der Waals surface area contributed by atoms with E-state index in [1.807, 2.05) is 31.2 Å². The zero-order chi connectivity index (χ0) is 14.4. The highest BCUT2D eigenvalue weighted by atomic mass is 16.5. The predicted molar refractivity (Wildman–Crippen MR) is 82.1 cm³/mol. The fraction of sp³-hybridized carbons (Fsp3) is 0.647. The molecule has 2 rings (SSSR count). The lowest BCUT2D eigenvalue weighted by molar-refractivity contribution is 0.0656. The maximum Gasteiger partial charge on any atom is 0.119 e. The molecule has 2 atom stereocenters. The molecule has 112 valence electrons. The Hall–Kier alpha value is -1.06. The lowest BCUT2D eigenvalue weighted by atomic mass is 9.98. The van der Waals surface area contributed by atoms with Crippen LogP contribution in [0.1, 0.15) is 51.2 Å². The van der Waals surface area contributed by atoms with Gasteiger partial charge in [-0.15, -0.1) is 0 Å². The van der Waals surface area contributed by atoms with E-state index in [1.54, 1.807) is 0 Å². The SMILES string of the molecule is CCOc1ccc(C(O)CN2CCCCC2CC)cc1. The van der Waals surface area contributed by atoms with Crippen LogP contribution in [0.2, 0.25) is 0 Å². The smallest absolute Gasteiger partial charge is 0.119 e. The van der Waals surface area contributed by atoms with Gasteiger partial charge in [-0.2, -0.15) is 0 Å². The van der Waals surface area contributed by atoms with Crippen molar-refractivity contribution in [3.05, 3.63) is 29.8 Å². The Morgan fingerprint density at radius 1 is 1.25 bits per heavy atom. The zero-order valence-corrected chi connectivity index (χ0v) is 12.7. The first-order valence-corrected chi connectivity index (χ1v) is 7.89. The summed E-state index contributed by atoms with van der Waals surface area (Å²) in [5, 5.41) is 10.4. The molecular weight excluding hydrogens is 250 g/mol. The van der Waals surface area contributed by atoms with Gasteiger partial charge in [-0.25, -0.2) is 0 Å². The molecule has 1 aromatic rings. The van der Waals surface area contributed by atoms with Gasteiger partial charge in [-0.05, 0) is 50.4 Å². The molecule has 0 spiro atoms. The molecule has 1 aliphatic heterocycles. The van der Waals surface area contributed by atoms with Gasteiger partial charge in [0.15, 0.2) is 0 Å². The molecule has 1 aromatic carbocycles. The molecule has 0 saturated carbocycles. The summed E-state index contributed by atoms with van der Waals surface area (Å²) in [6.07, 6.45) is 4.63. The molecule has 0 bridgehead atoms. The minimum atomic E-state index is -0.405. The number of likely N-dealkylation sites (tertiary alicyclic amines) is 1. The van der Waals surface area contributed by atoms with E-state index < -0.39 is 6.10 Å². The molecule has 0 amide bonds.